The summed E-state index contributed by atoms with van der Waals surface area (Å²) in [6, 6.07) is 5.52. The second kappa shape index (κ2) is 5.82. The van der Waals surface area contributed by atoms with E-state index in [1.165, 1.54) is 5.56 Å². The minimum Gasteiger partial charge on any atom is -0.394 e. The number of benzene rings is 1. The Balaban J connectivity index is 2.86. The molecule has 2 N–H and O–H groups in total. The number of hydrogen-bond acceptors (Lipinski definition) is 2. The summed E-state index contributed by atoms with van der Waals surface area (Å²) in [5.41, 5.74) is 3.04. The lowest BCUT2D eigenvalue weighted by molar-refractivity contribution is 0.0922. The number of aryl methyl sites for hydroxylation is 1. The van der Waals surface area contributed by atoms with E-state index in [1.54, 1.807) is 6.92 Å². The molecule has 3 heteroatoms. The Bertz CT molecular complexity index is 399. The smallest absolute Gasteiger partial charge is 0.251 e. The largest absolute Gasteiger partial charge is 0.394 e. The molecule has 0 saturated carbocycles. The van der Waals surface area contributed by atoms with Crippen molar-refractivity contribution in [1.29, 1.82) is 0 Å². The van der Waals surface area contributed by atoms with Gasteiger partial charge in [0.2, 0.25) is 0 Å². The maximum absolute atomic E-state index is 11.8. The fourth-order valence-electron chi connectivity index (χ4n) is 1.82. The van der Waals surface area contributed by atoms with Crippen LogP contribution in [-0.4, -0.2) is 23.7 Å². The standard InChI is InChI=1S/C14H21NO2/c1-9(2)13-6-5-12(7-10(13)3)14(17)15-11(4)8-16/h5-7,9,11,16H,8H2,1-4H3,(H,15,17)/t11-/m1/s1. The Morgan fingerprint density at radius 3 is 2.47 bits per heavy atom. The first kappa shape index (κ1) is 13.7. The van der Waals surface area contributed by atoms with Crippen molar-refractivity contribution in [1.82, 2.24) is 5.32 Å². The predicted molar refractivity (Wildman–Crippen MR) is 69.3 cm³/mol. The normalized spacial score (nSPS) is 12.6. The van der Waals surface area contributed by atoms with Crippen LogP contribution < -0.4 is 5.32 Å². The van der Waals surface area contributed by atoms with Crippen LogP contribution in [0.5, 0.6) is 0 Å². The SMILES string of the molecule is Cc1cc(C(=O)N[C@H](C)CO)ccc1C(C)C. The number of nitrogens with one attached hydrogen (secondary N) is 1. The van der Waals surface area contributed by atoms with Gasteiger partial charge in [0.25, 0.3) is 5.91 Å². The first-order chi connectivity index (χ1) is 7.95. The summed E-state index contributed by atoms with van der Waals surface area (Å²) < 4.78 is 0. The summed E-state index contributed by atoms with van der Waals surface area (Å²) in [5, 5.41) is 11.6. The zero-order valence-electron chi connectivity index (χ0n) is 10.9. The molecule has 0 unspecified atom stereocenters. The molecule has 0 bridgehead atoms. The number of carbonyl (C=O) groups is 1. The van der Waals surface area contributed by atoms with Crippen LogP contribution in [0.25, 0.3) is 0 Å². The molecule has 1 aromatic rings. The van der Waals surface area contributed by atoms with Gasteiger partial charge >= 0.3 is 0 Å². The first-order valence-corrected chi connectivity index (χ1v) is 5.98. The summed E-state index contributed by atoms with van der Waals surface area (Å²) in [4.78, 5) is 11.8. The zero-order valence-corrected chi connectivity index (χ0v) is 10.9. The highest BCUT2D eigenvalue weighted by Crippen LogP contribution is 2.19. The maximum Gasteiger partial charge on any atom is 0.251 e. The van der Waals surface area contributed by atoms with E-state index >= 15 is 0 Å². The van der Waals surface area contributed by atoms with Gasteiger partial charge < -0.3 is 10.4 Å². The molecule has 1 atom stereocenters. The summed E-state index contributed by atoms with van der Waals surface area (Å²) in [6.45, 7) is 8.01. The van der Waals surface area contributed by atoms with Gasteiger partial charge in [-0.05, 0) is 43.0 Å². The van der Waals surface area contributed by atoms with E-state index in [4.69, 9.17) is 5.11 Å². The van der Waals surface area contributed by atoms with Crippen LogP contribution in [0.3, 0.4) is 0 Å². The molecule has 0 heterocycles. The average Bonchev–Trinajstić information content (AvgIpc) is 2.28. The summed E-state index contributed by atoms with van der Waals surface area (Å²) in [7, 11) is 0. The highest BCUT2D eigenvalue weighted by molar-refractivity contribution is 5.94. The lowest BCUT2D eigenvalue weighted by Crippen LogP contribution is -2.35. The molecule has 1 amide bonds. The Labute approximate surface area is 103 Å². The monoisotopic (exact) mass is 235 g/mol. The molecule has 0 fully saturated rings. The van der Waals surface area contributed by atoms with Gasteiger partial charge in [0.05, 0.1) is 6.61 Å². The molecular weight excluding hydrogens is 214 g/mol. The van der Waals surface area contributed by atoms with Crippen LogP contribution >= 0.6 is 0 Å². The van der Waals surface area contributed by atoms with E-state index in [-0.39, 0.29) is 18.6 Å². The van der Waals surface area contributed by atoms with Crippen LogP contribution in [0.1, 0.15) is 48.2 Å². The number of aliphatic hydroxyl groups excluding tert-OH is 1. The molecule has 0 spiro atoms. The number of rotatable bonds is 4. The van der Waals surface area contributed by atoms with Crippen LogP contribution in [0.2, 0.25) is 0 Å². The molecule has 0 aliphatic rings. The molecule has 94 valence electrons. The van der Waals surface area contributed by atoms with E-state index in [9.17, 15) is 4.79 Å². The van der Waals surface area contributed by atoms with Crippen molar-refractivity contribution in [2.24, 2.45) is 0 Å². The molecule has 17 heavy (non-hydrogen) atoms. The third kappa shape index (κ3) is 3.56. The molecular formula is C14H21NO2. The van der Waals surface area contributed by atoms with Gasteiger partial charge in [0.15, 0.2) is 0 Å². The molecule has 1 rings (SSSR count). The van der Waals surface area contributed by atoms with E-state index < -0.39 is 0 Å². The molecule has 1 aromatic carbocycles. The van der Waals surface area contributed by atoms with Crippen molar-refractivity contribution in [2.45, 2.75) is 39.7 Å². The van der Waals surface area contributed by atoms with Crippen LogP contribution in [0, 0.1) is 6.92 Å². The van der Waals surface area contributed by atoms with Gasteiger partial charge in [-0.15, -0.1) is 0 Å². The molecule has 0 saturated heterocycles. The van der Waals surface area contributed by atoms with Crippen LogP contribution in [0.15, 0.2) is 18.2 Å². The molecule has 3 nitrogen and oxygen atoms in total. The highest BCUT2D eigenvalue weighted by atomic mass is 16.3. The minimum absolute atomic E-state index is 0.0468. The lowest BCUT2D eigenvalue weighted by Gasteiger charge is -2.13. The Hall–Kier alpha value is -1.35. The highest BCUT2D eigenvalue weighted by Gasteiger charge is 2.11. The first-order valence-electron chi connectivity index (χ1n) is 5.98. The van der Waals surface area contributed by atoms with Gasteiger partial charge in [-0.3, -0.25) is 4.79 Å². The van der Waals surface area contributed by atoms with E-state index in [1.807, 2.05) is 25.1 Å². The van der Waals surface area contributed by atoms with Crippen LogP contribution in [-0.2, 0) is 0 Å². The van der Waals surface area contributed by atoms with E-state index in [0.29, 0.717) is 11.5 Å². The molecule has 0 aliphatic heterocycles. The molecule has 0 aliphatic carbocycles. The van der Waals surface area contributed by atoms with Gasteiger partial charge in [0.1, 0.15) is 0 Å². The van der Waals surface area contributed by atoms with Gasteiger partial charge in [-0.2, -0.15) is 0 Å². The lowest BCUT2D eigenvalue weighted by atomic mass is 9.96. The Morgan fingerprint density at radius 1 is 1.35 bits per heavy atom. The summed E-state index contributed by atoms with van der Waals surface area (Å²) >= 11 is 0. The average molecular weight is 235 g/mol. The fourth-order valence-corrected chi connectivity index (χ4v) is 1.82. The van der Waals surface area contributed by atoms with Crippen molar-refractivity contribution in [3.8, 4) is 0 Å². The van der Waals surface area contributed by atoms with Gasteiger partial charge in [-0.1, -0.05) is 19.9 Å². The van der Waals surface area contributed by atoms with E-state index in [0.717, 1.165) is 5.56 Å². The Kier molecular flexibility index (Phi) is 4.70. The minimum atomic E-state index is -0.215. The topological polar surface area (TPSA) is 49.3 Å². The van der Waals surface area contributed by atoms with Crippen LogP contribution in [0.4, 0.5) is 0 Å². The van der Waals surface area contributed by atoms with Crippen molar-refractivity contribution in [3.05, 3.63) is 34.9 Å². The number of aliphatic hydroxyl groups is 1. The molecule has 0 aromatic heterocycles. The second-order valence-electron chi connectivity index (χ2n) is 4.78. The fraction of sp³-hybridized carbons (Fsp3) is 0.500. The summed E-state index contributed by atoms with van der Waals surface area (Å²) in [5.74, 6) is 0.327. The number of amides is 1. The van der Waals surface area contributed by atoms with Crippen molar-refractivity contribution in [3.63, 3.8) is 0 Å². The zero-order chi connectivity index (χ0) is 13.0. The summed E-state index contributed by atoms with van der Waals surface area (Å²) in [6.07, 6.45) is 0. The number of carbonyl (C=O) groups excluding carboxylic acids is 1. The third-order valence-electron chi connectivity index (χ3n) is 2.81. The van der Waals surface area contributed by atoms with E-state index in [2.05, 4.69) is 19.2 Å². The van der Waals surface area contributed by atoms with Crippen molar-refractivity contribution < 1.29 is 9.90 Å². The predicted octanol–water partition coefficient (Wildman–Crippen LogP) is 2.23. The Morgan fingerprint density at radius 2 is 2.00 bits per heavy atom. The quantitative estimate of drug-likeness (QED) is 0.840. The van der Waals surface area contributed by atoms with Gasteiger partial charge in [0, 0.05) is 11.6 Å². The second-order valence-corrected chi connectivity index (χ2v) is 4.78. The molecule has 0 radical (unpaired) electrons. The van der Waals surface area contributed by atoms with Crippen molar-refractivity contribution >= 4 is 5.91 Å². The maximum atomic E-state index is 11.8. The van der Waals surface area contributed by atoms with Crippen molar-refractivity contribution in [2.75, 3.05) is 6.61 Å². The van der Waals surface area contributed by atoms with Gasteiger partial charge in [-0.25, -0.2) is 0 Å². The number of hydrogen-bond donors (Lipinski definition) is 2. The third-order valence-corrected chi connectivity index (χ3v) is 2.81.